The summed E-state index contributed by atoms with van der Waals surface area (Å²) in [6.45, 7) is 6.53. The van der Waals surface area contributed by atoms with E-state index >= 15 is 0 Å². The Bertz CT molecular complexity index is 549. The first kappa shape index (κ1) is 17.3. The summed E-state index contributed by atoms with van der Waals surface area (Å²) in [5, 5.41) is 2.33. The summed E-state index contributed by atoms with van der Waals surface area (Å²) in [7, 11) is 0. The highest BCUT2D eigenvalue weighted by atomic mass is 79.9. The van der Waals surface area contributed by atoms with Gasteiger partial charge in [0.1, 0.15) is 11.3 Å². The first-order valence-electron chi connectivity index (χ1n) is 6.30. The summed E-state index contributed by atoms with van der Waals surface area (Å²) in [5.41, 5.74) is -0.648. The number of Topliss-reactive ketones (excluding diaryl/α,β-unsaturated/α-hetero) is 2. The maximum absolute atomic E-state index is 12.0. The molecule has 114 valence electrons. The lowest BCUT2D eigenvalue weighted by Gasteiger charge is -2.21. The monoisotopic (exact) mass is 356 g/mol. The van der Waals surface area contributed by atoms with Crippen molar-refractivity contribution in [3.05, 3.63) is 28.5 Å². The molecule has 1 aromatic rings. The molecule has 0 saturated carbocycles. The van der Waals surface area contributed by atoms with Crippen molar-refractivity contribution in [2.75, 3.05) is 0 Å². The van der Waals surface area contributed by atoms with E-state index in [1.165, 1.54) is 19.2 Å². The van der Waals surface area contributed by atoms with Gasteiger partial charge in [-0.15, -0.1) is 0 Å². The average Bonchev–Trinajstić information content (AvgIpc) is 2.35. The minimum Gasteiger partial charge on any atom is -0.444 e. The summed E-state index contributed by atoms with van der Waals surface area (Å²) in [5.74, 6) is -1.51. The molecule has 1 aromatic heterocycles. The zero-order valence-electron chi connectivity index (χ0n) is 12.3. The molecule has 0 aliphatic carbocycles. The van der Waals surface area contributed by atoms with Crippen molar-refractivity contribution in [2.24, 2.45) is 0 Å². The molecule has 7 heteroatoms. The van der Waals surface area contributed by atoms with Crippen LogP contribution in [-0.2, 0) is 9.53 Å². The van der Waals surface area contributed by atoms with Gasteiger partial charge in [-0.3, -0.25) is 14.6 Å². The Kier molecular flexibility index (Phi) is 5.60. The lowest BCUT2D eigenvalue weighted by Crippen LogP contribution is -2.44. The smallest absolute Gasteiger partial charge is 0.408 e. The Morgan fingerprint density at radius 2 is 1.90 bits per heavy atom. The fraction of sp³-hybridized carbons (Fsp3) is 0.429. The molecule has 1 unspecified atom stereocenters. The number of amides is 1. The van der Waals surface area contributed by atoms with E-state index in [2.05, 4.69) is 26.2 Å². The number of pyridine rings is 1. The molecule has 0 radical (unpaired) electrons. The van der Waals surface area contributed by atoms with Gasteiger partial charge >= 0.3 is 6.09 Å². The third kappa shape index (κ3) is 5.63. The lowest BCUT2D eigenvalue weighted by atomic mass is 10.1. The summed E-state index contributed by atoms with van der Waals surface area (Å²) in [6, 6.07) is 2.06. The molecule has 0 bridgehead atoms. The molecule has 6 nitrogen and oxygen atoms in total. The Labute approximate surface area is 131 Å². The van der Waals surface area contributed by atoms with E-state index in [1.54, 1.807) is 26.8 Å². The number of halogens is 1. The highest BCUT2D eigenvalue weighted by Crippen LogP contribution is 2.09. The van der Waals surface area contributed by atoms with Crippen LogP contribution in [0.15, 0.2) is 22.8 Å². The number of alkyl carbamates (subject to hydrolysis) is 1. The maximum Gasteiger partial charge on any atom is 0.408 e. The lowest BCUT2D eigenvalue weighted by molar-refractivity contribution is -0.116. The van der Waals surface area contributed by atoms with Gasteiger partial charge in [-0.25, -0.2) is 4.79 Å². The van der Waals surface area contributed by atoms with Crippen LogP contribution < -0.4 is 5.32 Å². The van der Waals surface area contributed by atoms with Gasteiger partial charge in [-0.2, -0.15) is 0 Å². The van der Waals surface area contributed by atoms with Crippen molar-refractivity contribution >= 4 is 33.6 Å². The second-order valence-corrected chi connectivity index (χ2v) is 6.34. The molecule has 0 aliphatic heterocycles. The van der Waals surface area contributed by atoms with Crippen molar-refractivity contribution in [2.45, 2.75) is 39.3 Å². The fourth-order valence-corrected chi connectivity index (χ4v) is 1.62. The van der Waals surface area contributed by atoms with Crippen molar-refractivity contribution < 1.29 is 19.1 Å². The second kappa shape index (κ2) is 6.80. The standard InChI is InChI=1S/C14H17BrN2O4/c1-8(17-13(20)21-14(2,3)4)11(18)12(19)10-6-5-9(15)7-16-10/h5-8H,1-4H3,(H,17,20). The maximum atomic E-state index is 12.0. The molecule has 1 N–H and O–H groups in total. The van der Waals surface area contributed by atoms with Gasteiger partial charge in [0, 0.05) is 10.7 Å². The van der Waals surface area contributed by atoms with Crippen LogP contribution in [0.2, 0.25) is 0 Å². The Morgan fingerprint density at radius 3 is 2.38 bits per heavy atom. The number of carbonyl (C=O) groups excluding carboxylic acids is 3. The van der Waals surface area contributed by atoms with Gasteiger partial charge in [0.25, 0.3) is 0 Å². The Balaban J connectivity index is 2.68. The highest BCUT2D eigenvalue weighted by molar-refractivity contribution is 9.10. The predicted octanol–water partition coefficient (Wildman–Crippen LogP) is 2.51. The molecule has 0 aromatic carbocycles. The van der Waals surface area contributed by atoms with Crippen molar-refractivity contribution in [1.29, 1.82) is 0 Å². The van der Waals surface area contributed by atoms with Crippen LogP contribution in [-0.4, -0.2) is 34.3 Å². The number of ketones is 2. The molecule has 0 aliphatic rings. The zero-order valence-corrected chi connectivity index (χ0v) is 13.9. The topological polar surface area (TPSA) is 85.4 Å². The SMILES string of the molecule is CC(NC(=O)OC(C)(C)C)C(=O)C(=O)c1ccc(Br)cn1. The molecule has 1 rings (SSSR count). The summed E-state index contributed by atoms with van der Waals surface area (Å²) in [4.78, 5) is 39.3. The molecule has 0 fully saturated rings. The van der Waals surface area contributed by atoms with Gasteiger partial charge in [0.05, 0.1) is 6.04 Å². The van der Waals surface area contributed by atoms with E-state index in [-0.39, 0.29) is 5.69 Å². The van der Waals surface area contributed by atoms with E-state index in [9.17, 15) is 14.4 Å². The summed E-state index contributed by atoms with van der Waals surface area (Å²) in [6.07, 6.45) is 0.673. The fourth-order valence-electron chi connectivity index (χ4n) is 1.38. The molecule has 21 heavy (non-hydrogen) atoms. The first-order valence-corrected chi connectivity index (χ1v) is 7.09. The number of nitrogens with zero attached hydrogens (tertiary/aromatic N) is 1. The number of carbonyl (C=O) groups is 3. The molecule has 0 spiro atoms. The average molecular weight is 357 g/mol. The van der Waals surface area contributed by atoms with E-state index in [0.717, 1.165) is 0 Å². The number of aromatic nitrogens is 1. The zero-order chi connectivity index (χ0) is 16.2. The van der Waals surface area contributed by atoms with Gasteiger partial charge in [0.2, 0.25) is 11.6 Å². The Hall–Kier alpha value is -1.76. The van der Waals surface area contributed by atoms with Crippen molar-refractivity contribution in [3.8, 4) is 0 Å². The third-order valence-corrected chi connectivity index (χ3v) is 2.78. The van der Waals surface area contributed by atoms with Gasteiger partial charge in [-0.05, 0) is 55.8 Å². The Morgan fingerprint density at radius 1 is 1.29 bits per heavy atom. The van der Waals surface area contributed by atoms with Crippen LogP contribution in [0.3, 0.4) is 0 Å². The van der Waals surface area contributed by atoms with E-state index in [0.29, 0.717) is 4.47 Å². The minimum absolute atomic E-state index is 0.0287. The quantitative estimate of drug-likeness (QED) is 0.661. The van der Waals surface area contributed by atoms with E-state index in [1.807, 2.05) is 0 Å². The van der Waals surface area contributed by atoms with Crippen LogP contribution in [0.4, 0.5) is 4.79 Å². The molecular weight excluding hydrogens is 340 g/mol. The van der Waals surface area contributed by atoms with Gasteiger partial charge < -0.3 is 10.1 Å². The minimum atomic E-state index is -0.988. The van der Waals surface area contributed by atoms with Gasteiger partial charge in [0.15, 0.2) is 0 Å². The van der Waals surface area contributed by atoms with Crippen LogP contribution >= 0.6 is 15.9 Å². The molecule has 1 heterocycles. The second-order valence-electron chi connectivity index (χ2n) is 5.42. The van der Waals surface area contributed by atoms with Crippen LogP contribution in [0, 0.1) is 0 Å². The largest absolute Gasteiger partial charge is 0.444 e. The molecule has 1 amide bonds. The van der Waals surface area contributed by atoms with E-state index < -0.39 is 29.3 Å². The van der Waals surface area contributed by atoms with Crippen molar-refractivity contribution in [3.63, 3.8) is 0 Å². The predicted molar refractivity (Wildman–Crippen MR) is 80.1 cm³/mol. The normalized spacial score (nSPS) is 12.4. The number of hydrogen-bond acceptors (Lipinski definition) is 5. The summed E-state index contributed by atoms with van der Waals surface area (Å²) < 4.78 is 5.72. The number of nitrogens with one attached hydrogen (secondary N) is 1. The highest BCUT2D eigenvalue weighted by Gasteiger charge is 2.26. The van der Waals surface area contributed by atoms with Crippen molar-refractivity contribution in [1.82, 2.24) is 10.3 Å². The number of ether oxygens (including phenoxy) is 1. The third-order valence-electron chi connectivity index (χ3n) is 2.31. The first-order chi connectivity index (χ1) is 9.60. The van der Waals surface area contributed by atoms with Crippen LogP contribution in [0.25, 0.3) is 0 Å². The van der Waals surface area contributed by atoms with E-state index in [4.69, 9.17) is 4.74 Å². The van der Waals surface area contributed by atoms with Crippen LogP contribution in [0.1, 0.15) is 38.2 Å². The molecule has 1 atom stereocenters. The molecule has 0 saturated heterocycles. The summed E-state index contributed by atoms with van der Waals surface area (Å²) >= 11 is 3.19. The van der Waals surface area contributed by atoms with Crippen LogP contribution in [0.5, 0.6) is 0 Å². The number of rotatable bonds is 4. The number of hydrogen-bond donors (Lipinski definition) is 1. The van der Waals surface area contributed by atoms with Gasteiger partial charge in [-0.1, -0.05) is 0 Å². The molecular formula is C14H17BrN2O4.